The Kier molecular flexibility index (Phi) is 4.48. The van der Waals surface area contributed by atoms with Crippen LogP contribution < -0.4 is 21.3 Å². The topological polar surface area (TPSA) is 140 Å². The summed E-state index contributed by atoms with van der Waals surface area (Å²) in [4.78, 5) is 31.3. The molecule has 0 atom stereocenters. The van der Waals surface area contributed by atoms with E-state index in [1.807, 2.05) is 4.40 Å². The number of nitrogens with zero attached hydrogens (tertiary/aromatic N) is 6. The minimum atomic E-state index is -0.626. The second kappa shape index (κ2) is 7.44. The van der Waals surface area contributed by atoms with Gasteiger partial charge in [0.1, 0.15) is 6.26 Å². The van der Waals surface area contributed by atoms with Crippen LogP contribution in [0.2, 0.25) is 0 Å². The van der Waals surface area contributed by atoms with Crippen molar-refractivity contribution in [3.05, 3.63) is 49.1 Å². The fraction of sp³-hybridized carbons (Fsp3) is 0.211. The molecule has 5 rings (SSSR count). The van der Waals surface area contributed by atoms with Crippen molar-refractivity contribution in [1.29, 1.82) is 0 Å². The largest absolute Gasteiger partial charge is 0.458 e. The summed E-state index contributed by atoms with van der Waals surface area (Å²) >= 11 is 0. The maximum absolute atomic E-state index is 11.3. The molecule has 0 aliphatic carbocycles. The number of piperazine rings is 1. The molecule has 1 aliphatic rings. The Bertz CT molecular complexity index is 1190. The van der Waals surface area contributed by atoms with E-state index < -0.39 is 5.91 Å². The number of imidazole rings is 1. The van der Waals surface area contributed by atoms with Gasteiger partial charge in [-0.1, -0.05) is 0 Å². The zero-order valence-electron chi connectivity index (χ0n) is 15.9. The monoisotopic (exact) mass is 405 g/mol. The van der Waals surface area contributed by atoms with E-state index in [-0.39, 0.29) is 5.76 Å². The number of fused-ring (bicyclic) bond motifs is 1. The number of rotatable bonds is 5. The van der Waals surface area contributed by atoms with Crippen molar-refractivity contribution < 1.29 is 9.21 Å². The molecular formula is C19H19N9O2. The summed E-state index contributed by atoms with van der Waals surface area (Å²) in [5.74, 6) is 0.725. The van der Waals surface area contributed by atoms with Gasteiger partial charge in [0.15, 0.2) is 17.2 Å². The van der Waals surface area contributed by atoms with Crippen molar-refractivity contribution in [3.8, 4) is 11.3 Å². The molecule has 0 radical (unpaired) electrons. The summed E-state index contributed by atoms with van der Waals surface area (Å²) in [6.07, 6.45) is 10.1. The van der Waals surface area contributed by atoms with Crippen molar-refractivity contribution in [2.45, 2.75) is 0 Å². The normalized spacial score (nSPS) is 14.2. The van der Waals surface area contributed by atoms with Crippen molar-refractivity contribution in [3.63, 3.8) is 0 Å². The van der Waals surface area contributed by atoms with E-state index >= 15 is 0 Å². The molecule has 11 nitrogen and oxygen atoms in total. The van der Waals surface area contributed by atoms with Gasteiger partial charge in [-0.15, -0.1) is 0 Å². The summed E-state index contributed by atoms with van der Waals surface area (Å²) in [7, 11) is 0. The lowest BCUT2D eigenvalue weighted by atomic mass is 10.2. The minimum Gasteiger partial charge on any atom is -0.458 e. The predicted molar refractivity (Wildman–Crippen MR) is 110 cm³/mol. The van der Waals surface area contributed by atoms with Crippen LogP contribution in [0.5, 0.6) is 0 Å². The van der Waals surface area contributed by atoms with Crippen LogP contribution in [0.25, 0.3) is 16.9 Å². The van der Waals surface area contributed by atoms with Crippen LogP contribution in [0.1, 0.15) is 10.6 Å². The van der Waals surface area contributed by atoms with Crippen molar-refractivity contribution in [2.75, 3.05) is 36.4 Å². The van der Waals surface area contributed by atoms with Crippen LogP contribution >= 0.6 is 0 Å². The molecule has 0 spiro atoms. The van der Waals surface area contributed by atoms with Crippen molar-refractivity contribution in [1.82, 2.24) is 29.7 Å². The van der Waals surface area contributed by atoms with Gasteiger partial charge >= 0.3 is 0 Å². The van der Waals surface area contributed by atoms with E-state index in [4.69, 9.17) is 10.2 Å². The summed E-state index contributed by atoms with van der Waals surface area (Å²) in [6.45, 7) is 3.62. The molecule has 1 aliphatic heterocycles. The van der Waals surface area contributed by atoms with Gasteiger partial charge in [-0.25, -0.2) is 19.9 Å². The lowest BCUT2D eigenvalue weighted by molar-refractivity contribution is 0.0974. The van der Waals surface area contributed by atoms with E-state index in [2.05, 4.69) is 35.5 Å². The van der Waals surface area contributed by atoms with E-state index in [0.29, 0.717) is 28.7 Å². The van der Waals surface area contributed by atoms with Crippen LogP contribution in [0.15, 0.2) is 47.7 Å². The lowest BCUT2D eigenvalue weighted by Gasteiger charge is -2.27. The van der Waals surface area contributed by atoms with Gasteiger partial charge in [0, 0.05) is 44.1 Å². The fourth-order valence-electron chi connectivity index (χ4n) is 3.37. The van der Waals surface area contributed by atoms with Crippen LogP contribution in [-0.4, -0.2) is 56.4 Å². The van der Waals surface area contributed by atoms with Gasteiger partial charge in [0.2, 0.25) is 5.95 Å². The SMILES string of the molecule is NC(=O)c1cc(-c2cnc(Nc3cnc(N4CCNCC4)nc3)c3nccn23)co1. The maximum Gasteiger partial charge on any atom is 0.284 e. The van der Waals surface area contributed by atoms with E-state index in [9.17, 15) is 4.79 Å². The first kappa shape index (κ1) is 18.1. The Labute approximate surface area is 171 Å². The highest BCUT2D eigenvalue weighted by atomic mass is 16.3. The third-order valence-electron chi connectivity index (χ3n) is 4.87. The van der Waals surface area contributed by atoms with E-state index in [1.54, 1.807) is 37.1 Å². The number of hydrogen-bond acceptors (Lipinski definition) is 9. The number of aromatic nitrogens is 5. The smallest absolute Gasteiger partial charge is 0.284 e. The van der Waals surface area contributed by atoms with Gasteiger partial charge in [0.25, 0.3) is 5.91 Å². The average Bonchev–Trinajstić information content (AvgIpc) is 3.46. The van der Waals surface area contributed by atoms with Gasteiger partial charge in [0.05, 0.1) is 30.0 Å². The zero-order valence-corrected chi connectivity index (χ0v) is 15.9. The molecule has 4 aromatic heterocycles. The number of primary amides is 1. The predicted octanol–water partition coefficient (Wildman–Crippen LogP) is 1.03. The Balaban J connectivity index is 1.41. The number of nitrogens with two attached hydrogens (primary N) is 1. The first-order valence-corrected chi connectivity index (χ1v) is 9.44. The maximum atomic E-state index is 11.3. The van der Waals surface area contributed by atoms with Gasteiger partial charge in [-0.05, 0) is 6.07 Å². The molecule has 152 valence electrons. The third-order valence-corrected chi connectivity index (χ3v) is 4.87. The zero-order chi connectivity index (χ0) is 20.5. The van der Waals surface area contributed by atoms with E-state index in [0.717, 1.165) is 31.9 Å². The molecule has 11 heteroatoms. The molecule has 4 aromatic rings. The van der Waals surface area contributed by atoms with Gasteiger partial charge < -0.3 is 25.7 Å². The minimum absolute atomic E-state index is 0.0854. The number of hydrogen-bond donors (Lipinski definition) is 3. The Morgan fingerprint density at radius 3 is 2.67 bits per heavy atom. The number of amides is 1. The third kappa shape index (κ3) is 3.31. The molecule has 5 heterocycles. The molecule has 0 bridgehead atoms. The summed E-state index contributed by atoms with van der Waals surface area (Å²) < 4.78 is 7.07. The number of furan rings is 1. The lowest BCUT2D eigenvalue weighted by Crippen LogP contribution is -2.44. The second-order valence-electron chi connectivity index (χ2n) is 6.81. The first-order valence-electron chi connectivity index (χ1n) is 9.44. The molecule has 0 aromatic carbocycles. The van der Waals surface area contributed by atoms with Crippen LogP contribution in [0.4, 0.5) is 17.5 Å². The molecule has 4 N–H and O–H groups in total. The average molecular weight is 405 g/mol. The Morgan fingerprint density at radius 2 is 1.93 bits per heavy atom. The van der Waals surface area contributed by atoms with Crippen molar-refractivity contribution in [2.24, 2.45) is 5.73 Å². The van der Waals surface area contributed by atoms with Gasteiger partial charge in [-0.2, -0.15) is 0 Å². The van der Waals surface area contributed by atoms with Crippen LogP contribution in [-0.2, 0) is 0 Å². The quantitative estimate of drug-likeness (QED) is 0.444. The second-order valence-corrected chi connectivity index (χ2v) is 6.81. The van der Waals surface area contributed by atoms with Crippen LogP contribution in [0.3, 0.4) is 0 Å². The molecule has 0 saturated carbocycles. The molecule has 1 amide bonds. The summed E-state index contributed by atoms with van der Waals surface area (Å²) in [5, 5.41) is 6.53. The Hall–Kier alpha value is -3.99. The first-order chi connectivity index (χ1) is 14.7. The molecule has 1 fully saturated rings. The standard InChI is InChI=1S/C19H19N9O2/c20-16(29)15-7-12(11-30-15)14-10-23-17(18-22-3-6-28(14)18)26-13-8-24-19(25-9-13)27-4-1-21-2-5-27/h3,6-11,21H,1-2,4-5H2,(H2,20,29)(H,23,26). The van der Waals surface area contributed by atoms with Crippen LogP contribution in [0, 0.1) is 0 Å². The molecular weight excluding hydrogens is 386 g/mol. The molecule has 0 unspecified atom stereocenters. The number of carbonyl (C=O) groups excluding carboxylic acids is 1. The summed E-state index contributed by atoms with van der Waals surface area (Å²) in [6, 6.07) is 1.58. The Morgan fingerprint density at radius 1 is 1.13 bits per heavy atom. The highest BCUT2D eigenvalue weighted by Crippen LogP contribution is 2.26. The fourth-order valence-corrected chi connectivity index (χ4v) is 3.37. The van der Waals surface area contributed by atoms with Crippen molar-refractivity contribution >= 4 is 29.0 Å². The number of carbonyl (C=O) groups is 1. The highest BCUT2D eigenvalue weighted by molar-refractivity contribution is 5.91. The van der Waals surface area contributed by atoms with Gasteiger partial charge in [-0.3, -0.25) is 9.20 Å². The molecule has 30 heavy (non-hydrogen) atoms. The van der Waals surface area contributed by atoms with E-state index in [1.165, 1.54) is 6.26 Å². The number of anilines is 3. The number of nitrogens with one attached hydrogen (secondary N) is 2. The molecule has 1 saturated heterocycles. The highest BCUT2D eigenvalue weighted by Gasteiger charge is 2.16. The summed E-state index contributed by atoms with van der Waals surface area (Å²) in [5.41, 5.74) is 7.98.